The molecule has 1 aromatic carbocycles. The predicted octanol–water partition coefficient (Wildman–Crippen LogP) is 2.71. The molecule has 0 aliphatic carbocycles. The number of para-hydroxylation sites is 1. The molecule has 1 aliphatic rings. The number of alkyl halides is 3. The van der Waals surface area contributed by atoms with Gasteiger partial charge in [0.2, 0.25) is 5.91 Å². The largest absolute Gasteiger partial charge is 0.493 e. The first-order valence-corrected chi connectivity index (χ1v) is 7.01. The minimum atomic E-state index is -4.30. The molecule has 2 rings (SSSR count). The quantitative estimate of drug-likeness (QED) is 0.908. The molecule has 0 saturated heterocycles. The Morgan fingerprint density at radius 3 is 2.91 bits per heavy atom. The molecule has 0 unspecified atom stereocenters. The molecule has 1 aliphatic heterocycles. The van der Waals surface area contributed by atoms with Crippen molar-refractivity contribution in [3.05, 3.63) is 23.8 Å². The molecule has 1 atom stereocenters. The van der Waals surface area contributed by atoms with E-state index >= 15 is 0 Å². The predicted molar refractivity (Wildman–Crippen MR) is 74.0 cm³/mol. The SMILES string of the molecule is COc1cccc2c1OC[C@H](CNC(=O)CCC(F)(F)F)C2. The van der Waals surface area contributed by atoms with Crippen molar-refractivity contribution in [1.82, 2.24) is 5.32 Å². The second kappa shape index (κ2) is 6.89. The summed E-state index contributed by atoms with van der Waals surface area (Å²) in [6.07, 6.45) is -5.26. The number of ether oxygens (including phenoxy) is 2. The van der Waals surface area contributed by atoms with Crippen molar-refractivity contribution in [3.63, 3.8) is 0 Å². The van der Waals surface area contributed by atoms with Crippen LogP contribution < -0.4 is 14.8 Å². The third kappa shape index (κ3) is 4.54. The smallest absolute Gasteiger partial charge is 0.389 e. The molecule has 1 heterocycles. The van der Waals surface area contributed by atoms with Crippen LogP contribution in [0.4, 0.5) is 13.2 Å². The standard InChI is InChI=1S/C15H18F3NO3/c1-21-12-4-2-3-11-7-10(9-22-14(11)12)8-19-13(20)5-6-15(16,17)18/h2-4,10H,5-9H2,1H3,(H,19,20)/t10-/m0/s1. The Kier molecular flexibility index (Phi) is 5.15. The number of methoxy groups -OCH3 is 1. The maximum Gasteiger partial charge on any atom is 0.389 e. The number of nitrogens with one attached hydrogen (secondary N) is 1. The summed E-state index contributed by atoms with van der Waals surface area (Å²) >= 11 is 0. The molecule has 122 valence electrons. The van der Waals surface area contributed by atoms with Gasteiger partial charge in [-0.15, -0.1) is 0 Å². The molecule has 0 spiro atoms. The fraction of sp³-hybridized carbons (Fsp3) is 0.533. The van der Waals surface area contributed by atoms with Gasteiger partial charge >= 0.3 is 6.18 Å². The van der Waals surface area contributed by atoms with Gasteiger partial charge in [0.1, 0.15) is 0 Å². The van der Waals surface area contributed by atoms with Gasteiger partial charge in [0, 0.05) is 18.9 Å². The summed E-state index contributed by atoms with van der Waals surface area (Å²) in [5, 5.41) is 2.53. The molecule has 0 radical (unpaired) electrons. The van der Waals surface area contributed by atoms with Gasteiger partial charge in [-0.2, -0.15) is 13.2 Å². The highest BCUT2D eigenvalue weighted by molar-refractivity contribution is 5.75. The lowest BCUT2D eigenvalue weighted by Crippen LogP contribution is -2.35. The van der Waals surface area contributed by atoms with Crippen LogP contribution in [0.5, 0.6) is 11.5 Å². The molecular formula is C15H18F3NO3. The zero-order valence-electron chi connectivity index (χ0n) is 12.2. The maximum absolute atomic E-state index is 12.0. The van der Waals surface area contributed by atoms with E-state index in [2.05, 4.69) is 5.32 Å². The van der Waals surface area contributed by atoms with Gasteiger partial charge in [0.15, 0.2) is 11.5 Å². The van der Waals surface area contributed by atoms with E-state index < -0.39 is 24.9 Å². The van der Waals surface area contributed by atoms with E-state index in [1.54, 1.807) is 13.2 Å². The molecular weight excluding hydrogens is 299 g/mol. The first-order valence-electron chi connectivity index (χ1n) is 7.01. The minimum Gasteiger partial charge on any atom is -0.493 e. The number of amides is 1. The summed E-state index contributed by atoms with van der Waals surface area (Å²) in [5.74, 6) is 0.804. The number of halogens is 3. The van der Waals surface area contributed by atoms with Gasteiger partial charge in [-0.3, -0.25) is 4.79 Å². The van der Waals surface area contributed by atoms with Gasteiger partial charge in [-0.1, -0.05) is 12.1 Å². The Hall–Kier alpha value is -1.92. The second-order valence-corrected chi connectivity index (χ2v) is 5.25. The number of fused-ring (bicyclic) bond motifs is 1. The third-order valence-electron chi connectivity index (χ3n) is 3.48. The van der Waals surface area contributed by atoms with Crippen LogP contribution in [-0.2, 0) is 11.2 Å². The number of hydrogen-bond acceptors (Lipinski definition) is 3. The van der Waals surface area contributed by atoms with Crippen LogP contribution in [0.2, 0.25) is 0 Å². The summed E-state index contributed by atoms with van der Waals surface area (Å²) in [6, 6.07) is 5.57. The summed E-state index contributed by atoms with van der Waals surface area (Å²) in [4.78, 5) is 11.4. The number of carbonyl (C=O) groups excluding carboxylic acids is 1. The third-order valence-corrected chi connectivity index (χ3v) is 3.48. The van der Waals surface area contributed by atoms with Crippen LogP contribution in [0.1, 0.15) is 18.4 Å². The first-order chi connectivity index (χ1) is 10.4. The fourth-order valence-corrected chi connectivity index (χ4v) is 2.35. The molecule has 7 heteroatoms. The Bertz CT molecular complexity index is 531. The van der Waals surface area contributed by atoms with Crippen molar-refractivity contribution < 1.29 is 27.4 Å². The van der Waals surface area contributed by atoms with E-state index in [0.29, 0.717) is 31.1 Å². The average molecular weight is 317 g/mol. The van der Waals surface area contributed by atoms with Crippen LogP contribution in [0.3, 0.4) is 0 Å². The zero-order valence-corrected chi connectivity index (χ0v) is 12.2. The Morgan fingerprint density at radius 2 is 2.23 bits per heavy atom. The van der Waals surface area contributed by atoms with Crippen LogP contribution >= 0.6 is 0 Å². The summed E-state index contributed by atoms with van der Waals surface area (Å²) in [5.41, 5.74) is 0.972. The number of carbonyl (C=O) groups is 1. The van der Waals surface area contributed by atoms with E-state index in [0.717, 1.165) is 5.56 Å². The lowest BCUT2D eigenvalue weighted by atomic mass is 9.96. The van der Waals surface area contributed by atoms with Crippen molar-refractivity contribution >= 4 is 5.91 Å². The van der Waals surface area contributed by atoms with Gasteiger partial charge in [0.05, 0.1) is 20.1 Å². The molecule has 1 amide bonds. The first kappa shape index (κ1) is 16.5. The molecule has 0 fully saturated rings. The normalized spacial score (nSPS) is 17.4. The van der Waals surface area contributed by atoms with E-state index in [4.69, 9.17) is 9.47 Å². The summed E-state index contributed by atoms with van der Waals surface area (Å²) in [7, 11) is 1.56. The van der Waals surface area contributed by atoms with Crippen LogP contribution in [0.25, 0.3) is 0 Å². The highest BCUT2D eigenvalue weighted by Gasteiger charge is 2.28. The molecule has 0 aromatic heterocycles. The zero-order chi connectivity index (χ0) is 16.2. The number of hydrogen-bond donors (Lipinski definition) is 1. The highest BCUT2D eigenvalue weighted by atomic mass is 19.4. The lowest BCUT2D eigenvalue weighted by Gasteiger charge is -2.26. The molecule has 0 bridgehead atoms. The summed E-state index contributed by atoms with van der Waals surface area (Å²) < 4.78 is 47.0. The topological polar surface area (TPSA) is 47.6 Å². The Labute approximate surface area is 126 Å². The number of rotatable bonds is 5. The summed E-state index contributed by atoms with van der Waals surface area (Å²) in [6.45, 7) is 0.695. The van der Waals surface area contributed by atoms with Crippen molar-refractivity contribution in [2.24, 2.45) is 5.92 Å². The monoisotopic (exact) mass is 317 g/mol. The van der Waals surface area contributed by atoms with Gasteiger partial charge in [0.25, 0.3) is 0 Å². The van der Waals surface area contributed by atoms with Crippen LogP contribution in [0, 0.1) is 5.92 Å². The van der Waals surface area contributed by atoms with Crippen LogP contribution in [-0.4, -0.2) is 32.3 Å². The Balaban J connectivity index is 1.82. The van der Waals surface area contributed by atoms with Gasteiger partial charge in [-0.25, -0.2) is 0 Å². The molecule has 22 heavy (non-hydrogen) atoms. The van der Waals surface area contributed by atoms with Crippen molar-refractivity contribution in [3.8, 4) is 11.5 Å². The van der Waals surface area contributed by atoms with E-state index in [1.165, 1.54) is 0 Å². The van der Waals surface area contributed by atoms with Crippen molar-refractivity contribution in [2.45, 2.75) is 25.4 Å². The maximum atomic E-state index is 12.0. The van der Waals surface area contributed by atoms with Gasteiger partial charge < -0.3 is 14.8 Å². The van der Waals surface area contributed by atoms with Gasteiger partial charge in [-0.05, 0) is 18.1 Å². The fourth-order valence-electron chi connectivity index (χ4n) is 2.35. The molecule has 4 nitrogen and oxygen atoms in total. The Morgan fingerprint density at radius 1 is 1.45 bits per heavy atom. The average Bonchev–Trinajstić information content (AvgIpc) is 2.49. The second-order valence-electron chi connectivity index (χ2n) is 5.25. The van der Waals surface area contributed by atoms with Crippen molar-refractivity contribution in [1.29, 1.82) is 0 Å². The molecule has 0 saturated carbocycles. The highest BCUT2D eigenvalue weighted by Crippen LogP contribution is 2.35. The number of benzene rings is 1. The van der Waals surface area contributed by atoms with Crippen molar-refractivity contribution in [2.75, 3.05) is 20.3 Å². The molecule has 1 aromatic rings. The van der Waals surface area contributed by atoms with E-state index in [-0.39, 0.29) is 5.92 Å². The molecule has 1 N–H and O–H groups in total. The van der Waals surface area contributed by atoms with E-state index in [9.17, 15) is 18.0 Å². The lowest BCUT2D eigenvalue weighted by molar-refractivity contribution is -0.144. The van der Waals surface area contributed by atoms with E-state index in [1.807, 2.05) is 12.1 Å². The van der Waals surface area contributed by atoms with Crippen LogP contribution in [0.15, 0.2) is 18.2 Å². The minimum absolute atomic E-state index is 0.0365.